The molecule has 1 rings (SSSR count). The Morgan fingerprint density at radius 2 is 2.25 bits per heavy atom. The van der Waals surface area contributed by atoms with Gasteiger partial charge in [0.25, 0.3) is 0 Å². The summed E-state index contributed by atoms with van der Waals surface area (Å²) in [7, 11) is 0. The van der Waals surface area contributed by atoms with E-state index in [0.29, 0.717) is 4.47 Å². The molecule has 0 aliphatic carbocycles. The van der Waals surface area contributed by atoms with Crippen LogP contribution < -0.4 is 4.74 Å². The molecule has 0 fully saturated rings. The summed E-state index contributed by atoms with van der Waals surface area (Å²) in [5.41, 5.74) is 0. The molecule has 2 nitrogen and oxygen atoms in total. The fourth-order valence-electron chi connectivity index (χ4n) is 0.713. The minimum atomic E-state index is -0.556. The lowest BCUT2D eigenvalue weighted by Crippen LogP contribution is -2.02. The minimum absolute atomic E-state index is 0.0503. The molecule has 4 heteroatoms. The molecule has 0 bridgehead atoms. The van der Waals surface area contributed by atoms with Crippen molar-refractivity contribution in [2.75, 3.05) is 0 Å². The van der Waals surface area contributed by atoms with E-state index in [1.807, 2.05) is 0 Å². The minimum Gasteiger partial charge on any atom is -0.424 e. The molecule has 0 aliphatic rings. The Kier molecular flexibility index (Phi) is 2.81. The number of carbonyl (C=O) groups is 1. The molecule has 1 aromatic carbocycles. The smallest absolute Gasteiger partial charge is 0.308 e. The quantitative estimate of drug-likeness (QED) is 0.550. The molecule has 64 valence electrons. The van der Waals surface area contributed by atoms with Crippen molar-refractivity contribution in [3.63, 3.8) is 0 Å². The summed E-state index contributed by atoms with van der Waals surface area (Å²) < 4.78 is 18.1. The first kappa shape index (κ1) is 9.19. The van der Waals surface area contributed by atoms with Crippen molar-refractivity contribution in [3.05, 3.63) is 28.5 Å². The predicted molar refractivity (Wildman–Crippen MR) is 45.4 cm³/mol. The maximum Gasteiger partial charge on any atom is 0.308 e. The van der Waals surface area contributed by atoms with E-state index in [4.69, 9.17) is 0 Å². The molecule has 0 aromatic heterocycles. The zero-order valence-corrected chi connectivity index (χ0v) is 7.89. The molecule has 0 saturated carbocycles. The highest BCUT2D eigenvalue weighted by Crippen LogP contribution is 2.21. The maximum absolute atomic E-state index is 12.9. The Morgan fingerprint density at radius 1 is 1.58 bits per heavy atom. The Bertz CT molecular complexity index is 312. The van der Waals surface area contributed by atoms with Crippen LogP contribution >= 0.6 is 15.9 Å². The van der Waals surface area contributed by atoms with E-state index in [0.717, 1.165) is 0 Å². The highest BCUT2D eigenvalue weighted by Gasteiger charge is 2.05. The summed E-state index contributed by atoms with van der Waals surface area (Å²) >= 11 is 3.08. The second-order valence-electron chi connectivity index (χ2n) is 2.17. The van der Waals surface area contributed by atoms with Crippen molar-refractivity contribution >= 4 is 21.9 Å². The van der Waals surface area contributed by atoms with Gasteiger partial charge in [0.1, 0.15) is 0 Å². The number of hydrogen-bond donors (Lipinski definition) is 0. The number of ether oxygens (including phenoxy) is 1. The Morgan fingerprint density at radius 3 is 2.75 bits per heavy atom. The van der Waals surface area contributed by atoms with Crippen LogP contribution in [-0.2, 0) is 4.79 Å². The van der Waals surface area contributed by atoms with Crippen molar-refractivity contribution in [2.24, 2.45) is 0 Å². The van der Waals surface area contributed by atoms with Crippen LogP contribution in [-0.4, -0.2) is 5.97 Å². The summed E-state index contributed by atoms with van der Waals surface area (Å²) in [4.78, 5) is 10.4. The standard InChI is InChI=1S/C8H6BrFO2/c1-5(11)12-8-3-2-6(9)4-7(8)10/h2-4H,1H3. The highest BCUT2D eigenvalue weighted by atomic mass is 79.9. The first-order valence-corrected chi connectivity index (χ1v) is 4.02. The molecule has 12 heavy (non-hydrogen) atoms. The van der Waals surface area contributed by atoms with E-state index >= 15 is 0 Å². The van der Waals surface area contributed by atoms with Crippen LogP contribution in [0.4, 0.5) is 4.39 Å². The van der Waals surface area contributed by atoms with Crippen molar-refractivity contribution in [2.45, 2.75) is 6.92 Å². The van der Waals surface area contributed by atoms with Gasteiger partial charge >= 0.3 is 5.97 Å². The number of benzene rings is 1. The zero-order valence-electron chi connectivity index (χ0n) is 6.30. The monoisotopic (exact) mass is 232 g/mol. The largest absolute Gasteiger partial charge is 0.424 e. The van der Waals surface area contributed by atoms with Crippen LogP contribution in [0.25, 0.3) is 0 Å². The summed E-state index contributed by atoms with van der Waals surface area (Å²) in [6.45, 7) is 1.22. The molecule has 0 spiro atoms. The van der Waals surface area contributed by atoms with Gasteiger partial charge in [-0.2, -0.15) is 0 Å². The van der Waals surface area contributed by atoms with Gasteiger partial charge < -0.3 is 4.74 Å². The summed E-state index contributed by atoms with van der Waals surface area (Å²) in [5, 5.41) is 0. The third kappa shape index (κ3) is 2.30. The third-order valence-electron chi connectivity index (χ3n) is 1.15. The van der Waals surface area contributed by atoms with Gasteiger partial charge in [0.2, 0.25) is 0 Å². The van der Waals surface area contributed by atoms with Crippen LogP contribution in [0.2, 0.25) is 0 Å². The summed E-state index contributed by atoms with van der Waals surface area (Å²) in [6, 6.07) is 4.22. The van der Waals surface area contributed by atoms with Gasteiger partial charge in [-0.05, 0) is 18.2 Å². The molecule has 0 aliphatic heterocycles. The van der Waals surface area contributed by atoms with Crippen molar-refractivity contribution in [1.82, 2.24) is 0 Å². The second kappa shape index (κ2) is 3.67. The topological polar surface area (TPSA) is 26.3 Å². The zero-order chi connectivity index (χ0) is 9.14. The average Bonchev–Trinajstić information content (AvgIpc) is 1.94. The molecule has 0 heterocycles. The van der Waals surface area contributed by atoms with Crippen molar-refractivity contribution < 1.29 is 13.9 Å². The number of rotatable bonds is 1. The Labute approximate surface area is 77.5 Å². The van der Waals surface area contributed by atoms with Gasteiger partial charge in [0.15, 0.2) is 11.6 Å². The number of carbonyl (C=O) groups excluding carboxylic acids is 1. The van der Waals surface area contributed by atoms with Gasteiger partial charge in [-0.1, -0.05) is 15.9 Å². The molecule has 1 aromatic rings. The molecule has 0 N–H and O–H groups in total. The maximum atomic E-state index is 12.9. The summed E-state index contributed by atoms with van der Waals surface area (Å²) in [6.07, 6.45) is 0. The van der Waals surface area contributed by atoms with Crippen molar-refractivity contribution in [3.8, 4) is 5.75 Å². The van der Waals surface area contributed by atoms with Gasteiger partial charge in [-0.25, -0.2) is 4.39 Å². The van der Waals surface area contributed by atoms with E-state index in [-0.39, 0.29) is 5.75 Å². The van der Waals surface area contributed by atoms with Gasteiger partial charge in [0, 0.05) is 11.4 Å². The number of esters is 1. The predicted octanol–water partition coefficient (Wildman–Crippen LogP) is 2.51. The van der Waals surface area contributed by atoms with Crippen LogP contribution in [0.3, 0.4) is 0 Å². The van der Waals surface area contributed by atoms with Crippen molar-refractivity contribution in [1.29, 1.82) is 0 Å². The second-order valence-corrected chi connectivity index (χ2v) is 3.08. The molecule has 0 radical (unpaired) electrons. The highest BCUT2D eigenvalue weighted by molar-refractivity contribution is 9.10. The van der Waals surface area contributed by atoms with E-state index in [1.54, 1.807) is 6.07 Å². The number of halogens is 2. The Balaban J connectivity index is 2.93. The van der Waals surface area contributed by atoms with E-state index in [9.17, 15) is 9.18 Å². The fraction of sp³-hybridized carbons (Fsp3) is 0.125. The summed E-state index contributed by atoms with van der Waals surface area (Å²) in [5.74, 6) is -1.14. The molecule has 0 saturated heterocycles. The van der Waals surface area contributed by atoms with Crippen LogP contribution in [0, 0.1) is 5.82 Å². The molecule has 0 amide bonds. The lowest BCUT2D eigenvalue weighted by molar-refractivity contribution is -0.132. The average molecular weight is 233 g/mol. The Hall–Kier alpha value is -0.900. The van der Waals surface area contributed by atoms with Gasteiger partial charge in [0.05, 0.1) is 0 Å². The van der Waals surface area contributed by atoms with Crippen LogP contribution in [0.5, 0.6) is 5.75 Å². The van der Waals surface area contributed by atoms with Gasteiger partial charge in [-0.15, -0.1) is 0 Å². The normalized spacial score (nSPS) is 9.58. The van der Waals surface area contributed by atoms with Crippen LogP contribution in [0.1, 0.15) is 6.92 Å². The molecule has 0 atom stereocenters. The molecular formula is C8H6BrFO2. The lowest BCUT2D eigenvalue weighted by atomic mass is 10.3. The fourth-order valence-corrected chi connectivity index (χ4v) is 1.05. The molecule has 0 unspecified atom stereocenters. The lowest BCUT2D eigenvalue weighted by Gasteiger charge is -2.01. The van der Waals surface area contributed by atoms with E-state index in [2.05, 4.69) is 20.7 Å². The SMILES string of the molecule is CC(=O)Oc1ccc(Br)cc1F. The van der Waals surface area contributed by atoms with Crippen LogP contribution in [0.15, 0.2) is 22.7 Å². The number of hydrogen-bond acceptors (Lipinski definition) is 2. The first-order chi connectivity index (χ1) is 5.59. The van der Waals surface area contributed by atoms with Gasteiger partial charge in [-0.3, -0.25) is 4.79 Å². The first-order valence-electron chi connectivity index (χ1n) is 3.23. The van der Waals surface area contributed by atoms with E-state index < -0.39 is 11.8 Å². The third-order valence-corrected chi connectivity index (χ3v) is 1.64. The van der Waals surface area contributed by atoms with E-state index in [1.165, 1.54) is 19.1 Å². The molecular weight excluding hydrogens is 227 g/mol.